The maximum atomic E-state index is 11.8. The van der Waals surface area contributed by atoms with Crippen molar-refractivity contribution >= 4 is 11.7 Å². The number of carbonyl (C=O) groups is 1. The van der Waals surface area contributed by atoms with E-state index in [0.717, 1.165) is 19.5 Å². The van der Waals surface area contributed by atoms with Crippen LogP contribution in [0.5, 0.6) is 0 Å². The van der Waals surface area contributed by atoms with Crippen molar-refractivity contribution < 1.29 is 4.79 Å². The van der Waals surface area contributed by atoms with E-state index in [1.54, 1.807) is 13.2 Å². The van der Waals surface area contributed by atoms with E-state index in [0.29, 0.717) is 24.0 Å². The van der Waals surface area contributed by atoms with Gasteiger partial charge in [0.05, 0.1) is 12.4 Å². The molecule has 1 atom stereocenters. The first-order valence-corrected chi connectivity index (χ1v) is 6.15. The Labute approximate surface area is 107 Å². The Morgan fingerprint density at radius 2 is 2.33 bits per heavy atom. The van der Waals surface area contributed by atoms with Crippen LogP contribution >= 0.6 is 0 Å². The highest BCUT2D eigenvalue weighted by molar-refractivity contribution is 5.91. The predicted molar refractivity (Wildman–Crippen MR) is 69.5 cm³/mol. The third-order valence-corrected chi connectivity index (χ3v) is 3.18. The van der Waals surface area contributed by atoms with Crippen LogP contribution in [0.1, 0.15) is 16.9 Å². The van der Waals surface area contributed by atoms with Crippen molar-refractivity contribution in [3.05, 3.63) is 18.1 Å². The van der Waals surface area contributed by atoms with Gasteiger partial charge in [-0.1, -0.05) is 0 Å². The van der Waals surface area contributed by atoms with E-state index >= 15 is 0 Å². The number of hydrogen-bond acceptors (Lipinski definition) is 5. The smallest absolute Gasteiger partial charge is 0.271 e. The summed E-state index contributed by atoms with van der Waals surface area (Å²) in [6, 6.07) is 0. The topological polar surface area (TPSA) is 70.2 Å². The Hall–Kier alpha value is -1.69. The lowest BCUT2D eigenvalue weighted by Gasteiger charge is -2.11. The van der Waals surface area contributed by atoms with Gasteiger partial charge in [0.25, 0.3) is 5.91 Å². The first-order chi connectivity index (χ1) is 8.69. The maximum Gasteiger partial charge on any atom is 0.271 e. The predicted octanol–water partition coefficient (Wildman–Crippen LogP) is 0.200. The van der Waals surface area contributed by atoms with E-state index in [1.165, 1.54) is 6.20 Å². The molecule has 1 aromatic rings. The number of anilines is 1. The van der Waals surface area contributed by atoms with Gasteiger partial charge < -0.3 is 15.5 Å². The molecule has 2 N–H and O–H groups in total. The van der Waals surface area contributed by atoms with Crippen molar-refractivity contribution in [2.45, 2.75) is 6.42 Å². The van der Waals surface area contributed by atoms with E-state index in [9.17, 15) is 4.79 Å². The van der Waals surface area contributed by atoms with Crippen molar-refractivity contribution in [3.8, 4) is 0 Å². The Kier molecular flexibility index (Phi) is 4.09. The number of hydrogen-bond donors (Lipinski definition) is 2. The summed E-state index contributed by atoms with van der Waals surface area (Å²) >= 11 is 0. The molecule has 18 heavy (non-hydrogen) atoms. The number of nitrogens with one attached hydrogen (secondary N) is 2. The fraction of sp³-hybridized carbons (Fsp3) is 0.583. The molecule has 0 radical (unpaired) electrons. The highest BCUT2D eigenvalue weighted by Gasteiger charge is 2.20. The van der Waals surface area contributed by atoms with Gasteiger partial charge in [0.1, 0.15) is 11.5 Å². The minimum absolute atomic E-state index is 0.153. The van der Waals surface area contributed by atoms with Crippen LogP contribution in [0.25, 0.3) is 0 Å². The lowest BCUT2D eigenvalue weighted by atomic mass is 10.1. The zero-order chi connectivity index (χ0) is 13.0. The van der Waals surface area contributed by atoms with Gasteiger partial charge in [-0.05, 0) is 25.9 Å². The molecule has 0 bridgehead atoms. The van der Waals surface area contributed by atoms with Crippen LogP contribution in [0.4, 0.5) is 5.82 Å². The molecule has 0 aromatic carbocycles. The third kappa shape index (κ3) is 3.16. The summed E-state index contributed by atoms with van der Waals surface area (Å²) in [7, 11) is 3.87. The lowest BCUT2D eigenvalue weighted by Crippen LogP contribution is -2.31. The molecule has 0 aliphatic carbocycles. The van der Waals surface area contributed by atoms with Gasteiger partial charge in [0.2, 0.25) is 0 Å². The molecule has 1 aliphatic heterocycles. The molecular weight excluding hydrogens is 230 g/mol. The van der Waals surface area contributed by atoms with Gasteiger partial charge >= 0.3 is 0 Å². The largest absolute Gasteiger partial charge is 0.372 e. The standard InChI is InChI=1S/C12H19N5O/c1-13-11-7-14-10(6-15-11)12(18)16-5-9-3-4-17(2)8-9/h6-7,9H,3-5,8H2,1-2H3,(H,13,15)(H,16,18). The zero-order valence-electron chi connectivity index (χ0n) is 10.8. The minimum atomic E-state index is -0.153. The van der Waals surface area contributed by atoms with E-state index in [4.69, 9.17) is 0 Å². The highest BCUT2D eigenvalue weighted by Crippen LogP contribution is 2.12. The van der Waals surface area contributed by atoms with Crippen LogP contribution in [0.3, 0.4) is 0 Å². The molecular formula is C12H19N5O. The van der Waals surface area contributed by atoms with Crippen LogP contribution in [-0.4, -0.2) is 54.5 Å². The molecule has 1 saturated heterocycles. The monoisotopic (exact) mass is 249 g/mol. The van der Waals surface area contributed by atoms with Gasteiger partial charge in [-0.3, -0.25) is 4.79 Å². The van der Waals surface area contributed by atoms with Crippen molar-refractivity contribution in [3.63, 3.8) is 0 Å². The van der Waals surface area contributed by atoms with Gasteiger partial charge in [0.15, 0.2) is 0 Å². The fourth-order valence-corrected chi connectivity index (χ4v) is 2.09. The number of aromatic nitrogens is 2. The van der Waals surface area contributed by atoms with Crippen molar-refractivity contribution in [1.29, 1.82) is 0 Å². The number of rotatable bonds is 4. The number of likely N-dealkylation sites (tertiary alicyclic amines) is 1. The third-order valence-electron chi connectivity index (χ3n) is 3.18. The summed E-state index contributed by atoms with van der Waals surface area (Å²) < 4.78 is 0. The normalized spacial score (nSPS) is 19.8. The molecule has 1 aliphatic rings. The Bertz CT molecular complexity index is 405. The second kappa shape index (κ2) is 5.77. The first-order valence-electron chi connectivity index (χ1n) is 6.15. The maximum absolute atomic E-state index is 11.8. The van der Waals surface area contributed by atoms with Gasteiger partial charge in [0, 0.05) is 20.1 Å². The summed E-state index contributed by atoms with van der Waals surface area (Å²) in [5.41, 5.74) is 0.361. The summed E-state index contributed by atoms with van der Waals surface area (Å²) in [5, 5.41) is 5.77. The quantitative estimate of drug-likeness (QED) is 0.797. The first kappa shape index (κ1) is 12.8. The van der Waals surface area contributed by atoms with Crippen molar-refractivity contribution in [2.75, 3.05) is 39.0 Å². The van der Waals surface area contributed by atoms with E-state index in [2.05, 4.69) is 32.5 Å². The fourth-order valence-electron chi connectivity index (χ4n) is 2.09. The molecule has 6 nitrogen and oxygen atoms in total. The van der Waals surface area contributed by atoms with E-state index in [-0.39, 0.29) is 5.91 Å². The van der Waals surface area contributed by atoms with Crippen LogP contribution in [-0.2, 0) is 0 Å². The van der Waals surface area contributed by atoms with Crippen molar-refractivity contribution in [1.82, 2.24) is 20.2 Å². The number of amides is 1. The molecule has 1 aromatic heterocycles. The summed E-state index contributed by atoms with van der Waals surface area (Å²) in [4.78, 5) is 22.2. The molecule has 0 spiro atoms. The van der Waals surface area contributed by atoms with Crippen LogP contribution in [0, 0.1) is 5.92 Å². The molecule has 1 fully saturated rings. The van der Waals surface area contributed by atoms with Crippen molar-refractivity contribution in [2.24, 2.45) is 5.92 Å². The number of carbonyl (C=O) groups excluding carboxylic acids is 1. The summed E-state index contributed by atoms with van der Waals surface area (Å²) in [6.45, 7) is 2.86. The zero-order valence-corrected chi connectivity index (χ0v) is 10.8. The van der Waals surface area contributed by atoms with E-state index in [1.807, 2.05) is 0 Å². The molecule has 1 unspecified atom stereocenters. The van der Waals surface area contributed by atoms with E-state index < -0.39 is 0 Å². The van der Waals surface area contributed by atoms with Gasteiger partial charge in [-0.25, -0.2) is 9.97 Å². The summed E-state index contributed by atoms with van der Waals surface area (Å²) in [6.07, 6.45) is 4.18. The average Bonchev–Trinajstić information content (AvgIpc) is 2.82. The van der Waals surface area contributed by atoms with Gasteiger partial charge in [-0.15, -0.1) is 0 Å². The molecule has 1 amide bonds. The molecule has 2 heterocycles. The Morgan fingerprint density at radius 3 is 2.89 bits per heavy atom. The second-order valence-corrected chi connectivity index (χ2v) is 4.66. The summed E-state index contributed by atoms with van der Waals surface area (Å²) in [5.74, 6) is 1.05. The molecule has 98 valence electrons. The highest BCUT2D eigenvalue weighted by atomic mass is 16.1. The van der Waals surface area contributed by atoms with Crippen LogP contribution in [0.15, 0.2) is 12.4 Å². The molecule has 2 rings (SSSR count). The Balaban J connectivity index is 1.83. The van der Waals surface area contributed by atoms with Crippen LogP contribution < -0.4 is 10.6 Å². The lowest BCUT2D eigenvalue weighted by molar-refractivity contribution is 0.0942. The number of nitrogens with zero attached hydrogens (tertiary/aromatic N) is 3. The Morgan fingerprint density at radius 1 is 1.50 bits per heavy atom. The SMILES string of the molecule is CNc1cnc(C(=O)NCC2CCN(C)C2)cn1. The van der Waals surface area contributed by atoms with Crippen LogP contribution in [0.2, 0.25) is 0 Å². The van der Waals surface area contributed by atoms with Gasteiger partial charge in [-0.2, -0.15) is 0 Å². The second-order valence-electron chi connectivity index (χ2n) is 4.66. The minimum Gasteiger partial charge on any atom is -0.372 e. The molecule has 0 saturated carbocycles. The molecule has 6 heteroatoms. The average molecular weight is 249 g/mol.